The van der Waals surface area contributed by atoms with Gasteiger partial charge in [-0.3, -0.25) is 9.59 Å². The first-order valence-electron chi connectivity index (χ1n) is 15.7. The van der Waals surface area contributed by atoms with E-state index >= 15 is 0 Å². The molecule has 2 aliphatic rings. The summed E-state index contributed by atoms with van der Waals surface area (Å²) in [6.07, 6.45) is 11.3. The zero-order valence-corrected chi connectivity index (χ0v) is 24.4. The molecule has 1 heterocycles. The van der Waals surface area contributed by atoms with Crippen molar-refractivity contribution in [2.45, 2.75) is 90.5 Å². The molecule has 0 N–H and O–H groups in total. The third-order valence-electron chi connectivity index (χ3n) is 9.37. The maximum atomic E-state index is 14.2. The van der Waals surface area contributed by atoms with Crippen LogP contribution in [0.4, 0.5) is 0 Å². The molecule has 0 radical (unpaired) electrons. The number of Topliss-reactive ketones (excluding diaryl/α,β-unsaturated/α-hetero) is 1. The van der Waals surface area contributed by atoms with Crippen LogP contribution in [-0.2, 0) is 22.4 Å². The number of hydrogen-bond donors (Lipinski definition) is 0. The van der Waals surface area contributed by atoms with Gasteiger partial charge in [-0.05, 0) is 62.0 Å². The van der Waals surface area contributed by atoms with Crippen molar-refractivity contribution in [3.8, 4) is 0 Å². The molecule has 4 rings (SSSR count). The largest absolute Gasteiger partial charge is 0.338 e. The first-order valence-corrected chi connectivity index (χ1v) is 15.7. The van der Waals surface area contributed by atoms with E-state index in [2.05, 4.69) is 77.4 Å². The Morgan fingerprint density at radius 2 is 1.44 bits per heavy atom. The molecule has 1 saturated carbocycles. The predicted octanol–water partition coefficient (Wildman–Crippen LogP) is 6.97. The van der Waals surface area contributed by atoms with Crippen molar-refractivity contribution in [3.63, 3.8) is 0 Å². The summed E-state index contributed by atoms with van der Waals surface area (Å²) in [5, 5.41) is 0. The number of amides is 1. The second-order valence-corrected chi connectivity index (χ2v) is 12.1. The summed E-state index contributed by atoms with van der Waals surface area (Å²) in [5.74, 6) is 0.837. The zero-order chi connectivity index (χ0) is 27.5. The molecule has 0 bridgehead atoms. The van der Waals surface area contributed by atoms with E-state index in [4.69, 9.17) is 0 Å². The van der Waals surface area contributed by atoms with Gasteiger partial charge in [-0.15, -0.1) is 0 Å². The molecule has 2 fully saturated rings. The van der Waals surface area contributed by atoms with Gasteiger partial charge in [-0.2, -0.15) is 0 Å². The van der Waals surface area contributed by atoms with Crippen LogP contribution >= 0.6 is 0 Å². The van der Waals surface area contributed by atoms with Crippen molar-refractivity contribution in [2.24, 2.45) is 17.8 Å². The smallest absolute Gasteiger partial charge is 0.226 e. The number of likely N-dealkylation sites (tertiary alicyclic amines) is 1. The molecule has 1 aliphatic carbocycles. The van der Waals surface area contributed by atoms with Crippen LogP contribution in [0.15, 0.2) is 60.7 Å². The summed E-state index contributed by atoms with van der Waals surface area (Å²) in [6, 6.07) is 21.7. The van der Waals surface area contributed by atoms with Crippen LogP contribution in [0.5, 0.6) is 0 Å². The van der Waals surface area contributed by atoms with Gasteiger partial charge in [0.1, 0.15) is 5.78 Å². The molecule has 1 saturated heterocycles. The van der Waals surface area contributed by atoms with Crippen molar-refractivity contribution >= 4 is 11.7 Å². The third-order valence-corrected chi connectivity index (χ3v) is 9.37. The summed E-state index contributed by atoms with van der Waals surface area (Å²) in [7, 11) is 0. The van der Waals surface area contributed by atoms with Crippen LogP contribution in [0.25, 0.3) is 0 Å². The van der Waals surface area contributed by atoms with Gasteiger partial charge in [0.2, 0.25) is 5.91 Å². The number of carbonyl (C=O) groups excluding carboxylic acids is 2. The maximum absolute atomic E-state index is 14.2. The van der Waals surface area contributed by atoms with Crippen LogP contribution < -0.4 is 0 Å². The Hall–Kier alpha value is -2.46. The first-order chi connectivity index (χ1) is 19.0. The number of hydrogen-bond acceptors (Lipinski definition) is 3. The fourth-order valence-electron chi connectivity index (χ4n) is 6.62. The molecule has 0 spiro atoms. The molecule has 1 aliphatic heterocycles. The topological polar surface area (TPSA) is 40.6 Å². The highest BCUT2D eigenvalue weighted by atomic mass is 16.2. The molecule has 0 unspecified atom stereocenters. The molecule has 39 heavy (non-hydrogen) atoms. The Labute approximate surface area is 237 Å². The number of ketones is 1. The van der Waals surface area contributed by atoms with Crippen molar-refractivity contribution < 1.29 is 9.59 Å². The molecule has 3 atom stereocenters. The minimum Gasteiger partial charge on any atom is -0.338 e. The van der Waals surface area contributed by atoms with Gasteiger partial charge >= 0.3 is 0 Å². The monoisotopic (exact) mass is 530 g/mol. The van der Waals surface area contributed by atoms with E-state index in [1.54, 1.807) is 0 Å². The maximum Gasteiger partial charge on any atom is 0.226 e. The van der Waals surface area contributed by atoms with E-state index in [0.717, 1.165) is 71.1 Å². The minimum absolute atomic E-state index is 0.0460. The summed E-state index contributed by atoms with van der Waals surface area (Å²) in [6.45, 7) is 7.86. The van der Waals surface area contributed by atoms with Crippen molar-refractivity contribution in [1.82, 2.24) is 9.80 Å². The van der Waals surface area contributed by atoms with Crippen molar-refractivity contribution in [1.29, 1.82) is 0 Å². The molecule has 4 heteroatoms. The van der Waals surface area contributed by atoms with E-state index < -0.39 is 0 Å². The lowest BCUT2D eigenvalue weighted by molar-refractivity contribution is -0.142. The molecular formula is C35H50N2O2. The van der Waals surface area contributed by atoms with Crippen LogP contribution in [0.2, 0.25) is 0 Å². The Morgan fingerprint density at radius 1 is 0.846 bits per heavy atom. The van der Waals surface area contributed by atoms with E-state index in [1.807, 2.05) is 6.92 Å². The van der Waals surface area contributed by atoms with Crippen molar-refractivity contribution in [3.05, 3.63) is 71.8 Å². The highest BCUT2D eigenvalue weighted by Gasteiger charge is 2.39. The Morgan fingerprint density at radius 3 is 2.00 bits per heavy atom. The molecule has 4 nitrogen and oxygen atoms in total. The van der Waals surface area contributed by atoms with Gasteiger partial charge in [0.15, 0.2) is 0 Å². The van der Waals surface area contributed by atoms with E-state index in [9.17, 15) is 9.59 Å². The highest BCUT2D eigenvalue weighted by molar-refractivity contribution is 5.88. The quantitative estimate of drug-likeness (QED) is 0.265. The minimum atomic E-state index is -0.130. The Kier molecular flexibility index (Phi) is 11.6. The lowest BCUT2D eigenvalue weighted by atomic mass is 9.76. The Balaban J connectivity index is 1.45. The Bertz CT molecular complexity index is 958. The van der Waals surface area contributed by atoms with Crippen molar-refractivity contribution in [2.75, 3.05) is 26.2 Å². The fraction of sp³-hybridized carbons (Fsp3) is 0.600. The molecule has 0 aromatic heterocycles. The summed E-state index contributed by atoms with van der Waals surface area (Å²) in [4.78, 5) is 32.0. The van der Waals surface area contributed by atoms with Gasteiger partial charge in [0.25, 0.3) is 0 Å². The number of carbonyl (C=O) groups is 2. The van der Waals surface area contributed by atoms with Crippen LogP contribution in [0.1, 0.15) is 82.8 Å². The van der Waals surface area contributed by atoms with Crippen LogP contribution in [0, 0.1) is 17.8 Å². The number of rotatable bonds is 14. The van der Waals surface area contributed by atoms with Gasteiger partial charge in [0.05, 0.1) is 0 Å². The summed E-state index contributed by atoms with van der Waals surface area (Å²) >= 11 is 0. The lowest BCUT2D eigenvalue weighted by Crippen LogP contribution is -2.48. The van der Waals surface area contributed by atoms with Gasteiger partial charge in [-0.1, -0.05) is 93.8 Å². The van der Waals surface area contributed by atoms with Gasteiger partial charge < -0.3 is 9.80 Å². The predicted molar refractivity (Wildman–Crippen MR) is 161 cm³/mol. The molecule has 2 aromatic rings. The number of benzene rings is 2. The second kappa shape index (κ2) is 15.4. The number of nitrogens with zero attached hydrogens (tertiary/aromatic N) is 2. The average Bonchev–Trinajstić information content (AvgIpc) is 3.46. The fourth-order valence-corrected chi connectivity index (χ4v) is 6.62. The molecule has 1 amide bonds. The van der Waals surface area contributed by atoms with E-state index in [0.29, 0.717) is 12.3 Å². The van der Waals surface area contributed by atoms with Gasteiger partial charge in [-0.25, -0.2) is 0 Å². The molecule has 212 valence electrons. The third kappa shape index (κ3) is 8.76. The normalized spacial score (nSPS) is 19.8. The zero-order valence-electron chi connectivity index (χ0n) is 24.4. The first kappa shape index (κ1) is 29.5. The van der Waals surface area contributed by atoms with E-state index in [1.165, 1.54) is 30.4 Å². The molecular weight excluding hydrogens is 480 g/mol. The van der Waals surface area contributed by atoms with Crippen LogP contribution in [-0.4, -0.2) is 53.7 Å². The highest BCUT2D eigenvalue weighted by Crippen LogP contribution is 2.35. The lowest BCUT2D eigenvalue weighted by Gasteiger charge is -2.36. The summed E-state index contributed by atoms with van der Waals surface area (Å²) < 4.78 is 0. The standard InChI is InChI=1S/C35H50N2O2/c1-3-28(2)34(38)26-33(31-18-11-6-12-19-31)35(39)37-23-13-20-32(37)27-36(24-21-29-14-7-4-8-15-29)25-22-30-16-9-5-10-17-30/h4-5,7-10,14-17,28,31-33H,3,6,11-13,18-27H2,1-2H3/t28-,32+,33+/m1/s1. The van der Waals surface area contributed by atoms with Gasteiger partial charge in [0, 0.05) is 50.5 Å². The SMILES string of the molecule is CC[C@@H](C)C(=O)C[C@H](C(=O)N1CCC[C@H]1CN(CCc1ccccc1)CCc1ccccc1)C1CCCCC1. The van der Waals surface area contributed by atoms with Crippen LogP contribution in [0.3, 0.4) is 0 Å². The summed E-state index contributed by atoms with van der Waals surface area (Å²) in [5.41, 5.74) is 2.73. The second-order valence-electron chi connectivity index (χ2n) is 12.1. The van der Waals surface area contributed by atoms with E-state index in [-0.39, 0.29) is 29.6 Å². The average molecular weight is 531 g/mol. The molecule has 2 aromatic carbocycles.